The molecule has 0 saturated carbocycles. The highest BCUT2D eigenvalue weighted by Crippen LogP contribution is 2.37. The summed E-state index contributed by atoms with van der Waals surface area (Å²) in [5.41, 5.74) is 7.88. The molecule has 0 fully saturated rings. The van der Waals surface area contributed by atoms with Crippen LogP contribution in [0.2, 0.25) is 0 Å². The molecular weight excluding hydrogens is 418 g/mol. The van der Waals surface area contributed by atoms with Crippen molar-refractivity contribution < 1.29 is 4.42 Å². The number of nitrogens with zero attached hydrogens (tertiary/aromatic N) is 3. The number of hydrogen-bond donors (Lipinski definition) is 0. The second-order valence-electron chi connectivity index (χ2n) is 8.54. The maximum atomic E-state index is 6.16. The van der Waals surface area contributed by atoms with E-state index in [0.717, 1.165) is 29.7 Å². The Morgan fingerprint density at radius 1 is 0.647 bits per heavy atom. The topological polar surface area (TPSA) is 43.9 Å². The van der Waals surface area contributed by atoms with Gasteiger partial charge >= 0.3 is 0 Å². The second kappa shape index (κ2) is 8.31. The average Bonchev–Trinajstić information content (AvgIpc) is 3.52. The molecule has 2 aromatic heterocycles. The standard InChI is InChI=1S/C30H25N3O/c1-3-20-14-16-27-24(18-20)25-19-21(4-2)15-17-28(25)33(27)26-13-9-8-12-23(26)30-32-31-29(34-30)22-10-6-5-7-11-22/h5-19H,3-4H2,1-2H3. The first kappa shape index (κ1) is 20.4. The summed E-state index contributed by atoms with van der Waals surface area (Å²) in [5, 5.41) is 11.3. The quantitative estimate of drug-likeness (QED) is 0.275. The Morgan fingerprint density at radius 3 is 1.88 bits per heavy atom. The number of fused-ring (bicyclic) bond motifs is 3. The number of para-hydroxylation sites is 1. The average molecular weight is 444 g/mol. The molecule has 0 saturated heterocycles. The van der Waals surface area contributed by atoms with Gasteiger partial charge in [-0.25, -0.2) is 0 Å². The zero-order valence-corrected chi connectivity index (χ0v) is 19.3. The highest BCUT2D eigenvalue weighted by Gasteiger charge is 2.19. The number of benzene rings is 4. The molecule has 6 aromatic rings. The maximum Gasteiger partial charge on any atom is 0.250 e. The van der Waals surface area contributed by atoms with E-state index in [9.17, 15) is 0 Å². The van der Waals surface area contributed by atoms with Crippen molar-refractivity contribution in [2.75, 3.05) is 0 Å². The van der Waals surface area contributed by atoms with Crippen LogP contribution in [0.25, 0.3) is 50.4 Å². The van der Waals surface area contributed by atoms with E-state index in [1.807, 2.05) is 36.4 Å². The van der Waals surface area contributed by atoms with Crippen molar-refractivity contribution in [2.45, 2.75) is 26.7 Å². The lowest BCUT2D eigenvalue weighted by molar-refractivity contribution is 0.584. The summed E-state index contributed by atoms with van der Waals surface area (Å²) in [5.74, 6) is 1.03. The number of aromatic nitrogens is 3. The van der Waals surface area contributed by atoms with Crippen molar-refractivity contribution in [1.82, 2.24) is 14.8 Å². The van der Waals surface area contributed by atoms with Crippen LogP contribution in [-0.2, 0) is 12.8 Å². The van der Waals surface area contributed by atoms with Gasteiger partial charge in [0.1, 0.15) is 0 Å². The fourth-order valence-corrected chi connectivity index (χ4v) is 4.70. The Kier molecular flexibility index (Phi) is 4.99. The third kappa shape index (κ3) is 3.30. The molecule has 0 bridgehead atoms. The monoisotopic (exact) mass is 443 g/mol. The summed E-state index contributed by atoms with van der Waals surface area (Å²) in [4.78, 5) is 0. The summed E-state index contributed by atoms with van der Waals surface area (Å²) < 4.78 is 8.48. The predicted octanol–water partition coefficient (Wildman–Crippen LogP) is 7.63. The van der Waals surface area contributed by atoms with Crippen LogP contribution in [0.1, 0.15) is 25.0 Å². The molecule has 0 amide bonds. The molecule has 2 heterocycles. The van der Waals surface area contributed by atoms with Crippen molar-refractivity contribution in [3.8, 4) is 28.6 Å². The van der Waals surface area contributed by atoms with Crippen LogP contribution < -0.4 is 0 Å². The molecule has 0 aliphatic heterocycles. The smallest absolute Gasteiger partial charge is 0.250 e. The Bertz CT molecular complexity index is 1560. The molecule has 6 rings (SSSR count). The summed E-state index contributed by atoms with van der Waals surface area (Å²) in [7, 11) is 0. The SMILES string of the molecule is CCc1ccc2c(c1)c1cc(CC)ccc1n2-c1ccccc1-c1nnc(-c2ccccc2)o1. The van der Waals surface area contributed by atoms with Gasteiger partial charge in [0.2, 0.25) is 11.8 Å². The minimum atomic E-state index is 0.514. The zero-order valence-electron chi connectivity index (χ0n) is 19.3. The lowest BCUT2D eigenvalue weighted by atomic mass is 10.1. The van der Waals surface area contributed by atoms with Crippen molar-refractivity contribution in [3.05, 3.63) is 102 Å². The van der Waals surface area contributed by atoms with Crippen molar-refractivity contribution in [1.29, 1.82) is 0 Å². The van der Waals surface area contributed by atoms with Gasteiger partial charge in [0, 0.05) is 16.3 Å². The largest absolute Gasteiger partial charge is 0.416 e. The first-order valence-corrected chi connectivity index (χ1v) is 11.8. The minimum Gasteiger partial charge on any atom is -0.416 e. The Labute approximate surface area is 198 Å². The third-order valence-electron chi connectivity index (χ3n) is 6.53. The summed E-state index contributed by atoms with van der Waals surface area (Å²) in [6, 6.07) is 31.7. The van der Waals surface area contributed by atoms with Gasteiger partial charge in [-0.15, -0.1) is 10.2 Å². The van der Waals surface area contributed by atoms with Crippen LogP contribution >= 0.6 is 0 Å². The fraction of sp³-hybridized carbons (Fsp3) is 0.133. The highest BCUT2D eigenvalue weighted by molar-refractivity contribution is 6.10. The van der Waals surface area contributed by atoms with Crippen molar-refractivity contribution in [3.63, 3.8) is 0 Å². The molecule has 4 heteroatoms. The van der Waals surface area contributed by atoms with Gasteiger partial charge in [-0.3, -0.25) is 0 Å². The van der Waals surface area contributed by atoms with E-state index in [1.165, 1.54) is 32.9 Å². The molecule has 0 aliphatic carbocycles. The Hall–Kier alpha value is -4.18. The first-order valence-electron chi connectivity index (χ1n) is 11.8. The van der Waals surface area contributed by atoms with Crippen LogP contribution in [0.5, 0.6) is 0 Å². The van der Waals surface area contributed by atoms with Crippen LogP contribution in [0.4, 0.5) is 0 Å². The zero-order chi connectivity index (χ0) is 23.1. The number of aryl methyl sites for hydroxylation is 2. The maximum absolute atomic E-state index is 6.16. The van der Waals surface area contributed by atoms with Crippen LogP contribution in [-0.4, -0.2) is 14.8 Å². The first-order chi connectivity index (χ1) is 16.8. The van der Waals surface area contributed by atoms with E-state index < -0.39 is 0 Å². The third-order valence-corrected chi connectivity index (χ3v) is 6.53. The van der Waals surface area contributed by atoms with E-state index in [2.05, 4.69) is 83.2 Å². The molecule has 0 atom stereocenters. The van der Waals surface area contributed by atoms with Crippen LogP contribution in [0.15, 0.2) is 95.4 Å². The van der Waals surface area contributed by atoms with E-state index in [1.54, 1.807) is 0 Å². The van der Waals surface area contributed by atoms with Gasteiger partial charge in [-0.05, 0) is 72.5 Å². The van der Waals surface area contributed by atoms with E-state index >= 15 is 0 Å². The normalized spacial score (nSPS) is 11.5. The van der Waals surface area contributed by atoms with E-state index in [0.29, 0.717) is 11.8 Å². The molecule has 0 unspecified atom stereocenters. The predicted molar refractivity (Wildman–Crippen MR) is 138 cm³/mol. The molecule has 166 valence electrons. The van der Waals surface area contributed by atoms with Gasteiger partial charge in [0.25, 0.3) is 0 Å². The van der Waals surface area contributed by atoms with Gasteiger partial charge in [-0.1, -0.05) is 56.3 Å². The number of rotatable bonds is 5. The van der Waals surface area contributed by atoms with Gasteiger partial charge < -0.3 is 8.98 Å². The lowest BCUT2D eigenvalue weighted by Gasteiger charge is -2.12. The molecule has 0 spiro atoms. The van der Waals surface area contributed by atoms with Crippen molar-refractivity contribution in [2.24, 2.45) is 0 Å². The van der Waals surface area contributed by atoms with Crippen LogP contribution in [0, 0.1) is 0 Å². The van der Waals surface area contributed by atoms with E-state index in [-0.39, 0.29) is 0 Å². The van der Waals surface area contributed by atoms with E-state index in [4.69, 9.17) is 4.42 Å². The Balaban J connectivity index is 1.60. The molecule has 4 nitrogen and oxygen atoms in total. The summed E-state index contributed by atoms with van der Waals surface area (Å²) >= 11 is 0. The van der Waals surface area contributed by atoms with Crippen LogP contribution in [0.3, 0.4) is 0 Å². The molecule has 0 aliphatic rings. The Morgan fingerprint density at radius 2 is 1.24 bits per heavy atom. The van der Waals surface area contributed by atoms with Crippen molar-refractivity contribution >= 4 is 21.8 Å². The second-order valence-corrected chi connectivity index (χ2v) is 8.54. The molecule has 0 radical (unpaired) electrons. The molecule has 34 heavy (non-hydrogen) atoms. The summed E-state index contributed by atoms with van der Waals surface area (Å²) in [6.07, 6.45) is 2.02. The number of hydrogen-bond acceptors (Lipinski definition) is 3. The summed E-state index contributed by atoms with van der Waals surface area (Å²) in [6.45, 7) is 4.40. The van der Waals surface area contributed by atoms with Gasteiger partial charge in [0.15, 0.2) is 0 Å². The van der Waals surface area contributed by atoms with Gasteiger partial charge in [0.05, 0.1) is 22.3 Å². The molecular formula is C30H25N3O. The molecule has 0 N–H and O–H groups in total. The van der Waals surface area contributed by atoms with Gasteiger partial charge in [-0.2, -0.15) is 0 Å². The highest BCUT2D eigenvalue weighted by atomic mass is 16.4. The molecule has 4 aromatic carbocycles. The fourth-order valence-electron chi connectivity index (χ4n) is 4.70. The minimum absolute atomic E-state index is 0.514. The lowest BCUT2D eigenvalue weighted by Crippen LogP contribution is -1.97.